The van der Waals surface area contributed by atoms with E-state index in [0.29, 0.717) is 30.0 Å². The third kappa shape index (κ3) is 5.29. The Bertz CT molecular complexity index is 1480. The second-order valence-electron chi connectivity index (χ2n) is 8.92. The second kappa shape index (κ2) is 10.9. The van der Waals surface area contributed by atoms with Crippen LogP contribution in [0.3, 0.4) is 0 Å². The molecule has 0 saturated carbocycles. The van der Waals surface area contributed by atoms with Gasteiger partial charge >= 0.3 is 0 Å². The Labute approximate surface area is 218 Å². The fourth-order valence-corrected chi connectivity index (χ4v) is 4.36. The van der Waals surface area contributed by atoms with E-state index in [1.54, 1.807) is 36.4 Å². The molecule has 38 heavy (non-hydrogen) atoms. The van der Waals surface area contributed by atoms with E-state index < -0.39 is 18.8 Å². The number of carbonyl (C=O) groups is 1. The number of aliphatic hydroxyl groups is 2. The predicted molar refractivity (Wildman–Crippen MR) is 142 cm³/mol. The number of nitrogens with one attached hydrogen (secondary N) is 2. The third-order valence-electron chi connectivity index (χ3n) is 6.41. The lowest BCUT2D eigenvalue weighted by molar-refractivity contribution is -0.116. The summed E-state index contributed by atoms with van der Waals surface area (Å²) in [6, 6.07) is 15.3. The van der Waals surface area contributed by atoms with Crippen LogP contribution in [0.2, 0.25) is 0 Å². The summed E-state index contributed by atoms with van der Waals surface area (Å²) in [7, 11) is 1.39. The monoisotopic (exact) mass is 516 g/mol. The Balaban J connectivity index is 1.56. The summed E-state index contributed by atoms with van der Waals surface area (Å²) in [5.41, 5.74) is 3.00. The Kier molecular flexibility index (Phi) is 7.21. The smallest absolute Gasteiger partial charge is 0.244 e. The maximum atomic E-state index is 12.3. The minimum Gasteiger partial charge on any atom is -0.502 e. The van der Waals surface area contributed by atoms with Gasteiger partial charge in [-0.1, -0.05) is 12.1 Å². The van der Waals surface area contributed by atoms with Crippen LogP contribution in [0.4, 0.5) is 0 Å². The molecule has 6 bridgehead atoms. The van der Waals surface area contributed by atoms with Crippen molar-refractivity contribution in [3.8, 4) is 28.7 Å². The van der Waals surface area contributed by atoms with Gasteiger partial charge in [0.2, 0.25) is 11.7 Å². The van der Waals surface area contributed by atoms with Crippen molar-refractivity contribution in [3.63, 3.8) is 0 Å². The van der Waals surface area contributed by atoms with E-state index in [4.69, 9.17) is 14.2 Å². The van der Waals surface area contributed by atoms with E-state index in [0.717, 1.165) is 22.0 Å². The van der Waals surface area contributed by atoms with Crippen LogP contribution in [-0.2, 0) is 11.2 Å². The zero-order valence-electron chi connectivity index (χ0n) is 20.7. The highest BCUT2D eigenvalue weighted by molar-refractivity contribution is 5.91. The molecule has 196 valence electrons. The average Bonchev–Trinajstić information content (AvgIpc) is 3.33. The van der Waals surface area contributed by atoms with E-state index in [2.05, 4.69) is 10.3 Å². The molecule has 0 spiro atoms. The number of aromatic amines is 1. The number of methoxy groups -OCH3 is 1. The van der Waals surface area contributed by atoms with Gasteiger partial charge in [0, 0.05) is 29.7 Å². The van der Waals surface area contributed by atoms with Crippen LogP contribution in [0.5, 0.6) is 28.7 Å². The summed E-state index contributed by atoms with van der Waals surface area (Å²) in [6.45, 7) is -0.0357. The van der Waals surface area contributed by atoms with Crippen LogP contribution >= 0.6 is 0 Å². The van der Waals surface area contributed by atoms with Crippen molar-refractivity contribution in [1.82, 2.24) is 10.3 Å². The molecule has 0 saturated heterocycles. The molecule has 6 rings (SSSR count). The molecule has 4 aromatic rings. The summed E-state index contributed by atoms with van der Waals surface area (Å²) in [6.07, 6.45) is 3.36. The van der Waals surface area contributed by atoms with Gasteiger partial charge in [-0.3, -0.25) is 4.79 Å². The molecule has 1 aromatic heterocycles. The highest BCUT2D eigenvalue weighted by atomic mass is 16.5. The first-order chi connectivity index (χ1) is 18.4. The first-order valence-electron chi connectivity index (χ1n) is 12.2. The van der Waals surface area contributed by atoms with Crippen molar-refractivity contribution in [2.24, 2.45) is 0 Å². The fraction of sp³-hybridized carbons (Fsp3) is 0.207. The van der Waals surface area contributed by atoms with Crippen molar-refractivity contribution >= 4 is 22.9 Å². The van der Waals surface area contributed by atoms with E-state index in [1.165, 1.54) is 25.3 Å². The van der Waals surface area contributed by atoms with E-state index >= 15 is 0 Å². The van der Waals surface area contributed by atoms with Gasteiger partial charge in [-0.25, -0.2) is 0 Å². The molecular formula is C29H28N2O7. The number of rotatable bonds is 2. The van der Waals surface area contributed by atoms with Crippen molar-refractivity contribution in [3.05, 3.63) is 83.6 Å². The van der Waals surface area contributed by atoms with Crippen LogP contribution < -0.4 is 19.5 Å². The van der Waals surface area contributed by atoms with Gasteiger partial charge in [-0.15, -0.1) is 0 Å². The van der Waals surface area contributed by atoms with Crippen molar-refractivity contribution < 1.29 is 34.3 Å². The highest BCUT2D eigenvalue weighted by Gasteiger charge is 2.26. The molecule has 0 fully saturated rings. The molecule has 5 N–H and O–H groups in total. The Morgan fingerprint density at radius 2 is 1.84 bits per heavy atom. The molecule has 9 heteroatoms. The highest BCUT2D eigenvalue weighted by Crippen LogP contribution is 2.42. The lowest BCUT2D eigenvalue weighted by atomic mass is 10.0. The first kappa shape index (κ1) is 25.2. The zero-order valence-corrected chi connectivity index (χ0v) is 20.7. The summed E-state index contributed by atoms with van der Waals surface area (Å²) < 4.78 is 17.2. The van der Waals surface area contributed by atoms with E-state index in [9.17, 15) is 20.1 Å². The normalized spacial score (nSPS) is 18.8. The molecule has 0 radical (unpaired) electrons. The second-order valence-corrected chi connectivity index (χ2v) is 8.92. The first-order valence-corrected chi connectivity index (χ1v) is 12.2. The van der Waals surface area contributed by atoms with Crippen LogP contribution in [0.25, 0.3) is 17.0 Å². The number of carbonyl (C=O) groups excluding carboxylic acids is 1. The number of hydrogen-bond acceptors (Lipinski definition) is 7. The van der Waals surface area contributed by atoms with Gasteiger partial charge in [0.15, 0.2) is 17.6 Å². The van der Waals surface area contributed by atoms with Crippen LogP contribution in [0.15, 0.2) is 66.9 Å². The standard InChI is InChI=1S/C29H28N2O7/c1-36-24-12-19-13-25(29(24)35)37-20-5-2-17(3-6-20)4-9-27(33)30-11-10-18-15-31-23-8-7-21(14-22(18)23)38-26(16-32)28(19)34/h2-9,12-15,26,28,31-32,34-35H,10-11,16H2,1H3,(H,30,33)/b9-4-/t26-,28-/m0/s1. The number of amides is 1. The Hall–Kier alpha value is -4.47. The molecular weight excluding hydrogens is 488 g/mol. The number of hydrogen-bond donors (Lipinski definition) is 5. The Morgan fingerprint density at radius 1 is 1.05 bits per heavy atom. The number of H-pyrrole nitrogens is 1. The number of fused-ring (bicyclic) bond motifs is 8. The number of aromatic hydroxyl groups is 1. The number of benzene rings is 3. The molecule has 0 unspecified atom stereocenters. The molecule has 1 amide bonds. The summed E-state index contributed by atoms with van der Waals surface area (Å²) in [5.74, 6) is 0.573. The molecule has 2 aliphatic heterocycles. The Morgan fingerprint density at radius 3 is 2.61 bits per heavy atom. The lowest BCUT2D eigenvalue weighted by Crippen LogP contribution is -2.29. The quantitative estimate of drug-likeness (QED) is 0.273. The van der Waals surface area contributed by atoms with Gasteiger partial charge < -0.3 is 39.8 Å². The number of ether oxygens (including phenoxy) is 3. The summed E-state index contributed by atoms with van der Waals surface area (Å²) in [5, 5.41) is 35.7. The minimum absolute atomic E-state index is 0.0574. The van der Waals surface area contributed by atoms with Gasteiger partial charge in [-0.2, -0.15) is 0 Å². The number of aromatic nitrogens is 1. The average molecular weight is 517 g/mol. The third-order valence-corrected chi connectivity index (χ3v) is 6.41. The molecule has 2 atom stereocenters. The van der Waals surface area contributed by atoms with Crippen LogP contribution in [0, 0.1) is 0 Å². The van der Waals surface area contributed by atoms with Crippen LogP contribution in [0.1, 0.15) is 22.8 Å². The number of phenols is 1. The maximum absolute atomic E-state index is 12.3. The maximum Gasteiger partial charge on any atom is 0.244 e. The minimum atomic E-state index is -1.27. The van der Waals surface area contributed by atoms with Gasteiger partial charge in [0.05, 0.1) is 13.7 Å². The molecule has 3 aromatic carbocycles. The zero-order chi connectivity index (χ0) is 26.6. The lowest BCUT2D eigenvalue weighted by Gasteiger charge is -2.24. The number of phenolic OH excluding ortho intramolecular Hbond substituents is 1. The van der Waals surface area contributed by atoms with Crippen molar-refractivity contribution in [2.45, 2.75) is 18.6 Å². The van der Waals surface area contributed by atoms with E-state index in [-0.39, 0.29) is 23.2 Å². The number of aliphatic hydroxyl groups excluding tert-OH is 2. The van der Waals surface area contributed by atoms with Crippen molar-refractivity contribution in [2.75, 3.05) is 20.3 Å². The molecule has 0 aliphatic carbocycles. The fourth-order valence-electron chi connectivity index (χ4n) is 4.36. The van der Waals surface area contributed by atoms with Crippen LogP contribution in [-0.4, -0.2) is 52.6 Å². The molecule has 2 aliphatic rings. The SMILES string of the molecule is COc1cc2cc(c1O)Oc1ccc(cc1)/C=C\C(=O)NCCc1c[nH]c3ccc(cc13)O[C@@H](CO)[C@H]2O. The van der Waals surface area contributed by atoms with Gasteiger partial charge in [0.25, 0.3) is 0 Å². The predicted octanol–water partition coefficient (Wildman–Crippen LogP) is 3.83. The van der Waals surface area contributed by atoms with Crippen molar-refractivity contribution in [1.29, 1.82) is 0 Å². The summed E-state index contributed by atoms with van der Waals surface area (Å²) >= 11 is 0. The topological polar surface area (TPSA) is 133 Å². The van der Waals surface area contributed by atoms with Gasteiger partial charge in [0.1, 0.15) is 17.6 Å². The molecule has 3 heterocycles. The summed E-state index contributed by atoms with van der Waals surface area (Å²) in [4.78, 5) is 15.5. The molecule has 9 nitrogen and oxygen atoms in total. The van der Waals surface area contributed by atoms with Gasteiger partial charge in [-0.05, 0) is 71.7 Å². The largest absolute Gasteiger partial charge is 0.502 e. The van der Waals surface area contributed by atoms with E-state index in [1.807, 2.05) is 18.3 Å².